The predicted octanol–water partition coefficient (Wildman–Crippen LogP) is 5.13. The lowest BCUT2D eigenvalue weighted by atomic mass is 9.96. The third kappa shape index (κ3) is 5.61. The van der Waals surface area contributed by atoms with Gasteiger partial charge in [-0.25, -0.2) is 0 Å². The topological polar surface area (TPSA) is 68.3 Å². The quantitative estimate of drug-likeness (QED) is 0.452. The molecule has 2 aliphatic rings. The molecule has 194 valence electrons. The monoisotopic (exact) mass is 494 g/mol. The molecule has 2 fully saturated rings. The van der Waals surface area contributed by atoms with Crippen LogP contribution in [-0.2, 0) is 16.1 Å². The van der Waals surface area contributed by atoms with E-state index < -0.39 is 6.04 Å². The average molecular weight is 495 g/mol. The van der Waals surface area contributed by atoms with Crippen molar-refractivity contribution in [3.05, 3.63) is 53.6 Å². The zero-order valence-electron chi connectivity index (χ0n) is 21.7. The number of amides is 2. The van der Waals surface area contributed by atoms with Gasteiger partial charge in [0.15, 0.2) is 11.5 Å². The van der Waals surface area contributed by atoms with Gasteiger partial charge >= 0.3 is 0 Å². The summed E-state index contributed by atoms with van der Waals surface area (Å²) in [5, 5.41) is 0. The molecule has 36 heavy (non-hydrogen) atoms. The number of carbonyl (C=O) groups excluding carboxylic acids is 2. The van der Waals surface area contributed by atoms with E-state index in [2.05, 4.69) is 0 Å². The van der Waals surface area contributed by atoms with E-state index in [1.165, 1.54) is 12.8 Å². The van der Waals surface area contributed by atoms with Crippen LogP contribution in [0.2, 0.25) is 0 Å². The maximum absolute atomic E-state index is 14.1. The highest BCUT2D eigenvalue weighted by molar-refractivity contribution is 5.96. The van der Waals surface area contributed by atoms with Gasteiger partial charge in [0, 0.05) is 11.6 Å². The molecule has 7 heteroatoms. The first-order valence-electron chi connectivity index (χ1n) is 13.1. The molecule has 0 aromatic heterocycles. The van der Waals surface area contributed by atoms with Gasteiger partial charge in [0.2, 0.25) is 5.91 Å². The molecule has 2 amide bonds. The number of rotatable bonds is 9. The Morgan fingerprint density at radius 1 is 0.889 bits per heavy atom. The van der Waals surface area contributed by atoms with Gasteiger partial charge in [-0.2, -0.15) is 0 Å². The van der Waals surface area contributed by atoms with Gasteiger partial charge in [-0.05, 0) is 43.0 Å². The van der Waals surface area contributed by atoms with Crippen LogP contribution in [0.5, 0.6) is 17.2 Å². The van der Waals surface area contributed by atoms with Crippen molar-refractivity contribution in [3.8, 4) is 17.2 Å². The molecule has 0 unspecified atom stereocenters. The second-order valence-corrected chi connectivity index (χ2v) is 9.61. The number of hydrogen-bond acceptors (Lipinski definition) is 5. The van der Waals surface area contributed by atoms with Crippen molar-refractivity contribution >= 4 is 11.8 Å². The van der Waals surface area contributed by atoms with Gasteiger partial charge in [0.1, 0.15) is 18.3 Å². The largest absolute Gasteiger partial charge is 0.496 e. The summed E-state index contributed by atoms with van der Waals surface area (Å²) in [5.74, 6) is 1.81. The first-order chi connectivity index (χ1) is 17.6. The Balaban J connectivity index is 1.72. The SMILES string of the molecule is CCCOc1ccc([C@H]2C(=O)N(C3CCCCCC3)CC(=O)N2Cc2ccccc2OC)cc1OC. The molecule has 0 radical (unpaired) electrons. The van der Waals surface area contributed by atoms with E-state index >= 15 is 0 Å². The number of methoxy groups -OCH3 is 2. The zero-order chi connectivity index (χ0) is 25.5. The van der Waals surface area contributed by atoms with Crippen molar-refractivity contribution < 1.29 is 23.8 Å². The predicted molar refractivity (Wildman–Crippen MR) is 138 cm³/mol. The van der Waals surface area contributed by atoms with Crippen LogP contribution in [0.4, 0.5) is 0 Å². The van der Waals surface area contributed by atoms with Crippen molar-refractivity contribution in [1.82, 2.24) is 9.80 Å². The number of nitrogens with zero attached hydrogens (tertiary/aromatic N) is 2. The second-order valence-electron chi connectivity index (χ2n) is 9.61. The molecule has 0 spiro atoms. The number of carbonyl (C=O) groups is 2. The number of piperazine rings is 1. The van der Waals surface area contributed by atoms with Crippen LogP contribution >= 0.6 is 0 Å². The molecule has 2 aromatic carbocycles. The van der Waals surface area contributed by atoms with Gasteiger partial charge in [0.05, 0.1) is 27.4 Å². The number of ether oxygens (including phenoxy) is 3. The molecule has 2 aromatic rings. The molecule has 1 aliphatic heterocycles. The van der Waals surface area contributed by atoms with Crippen LogP contribution in [-0.4, -0.2) is 55.0 Å². The molecule has 1 saturated heterocycles. The lowest BCUT2D eigenvalue weighted by Crippen LogP contribution is -2.57. The summed E-state index contributed by atoms with van der Waals surface area (Å²) in [6.45, 7) is 3.02. The van der Waals surface area contributed by atoms with Crippen molar-refractivity contribution in [3.63, 3.8) is 0 Å². The van der Waals surface area contributed by atoms with Gasteiger partial charge in [-0.15, -0.1) is 0 Å². The molecule has 1 atom stereocenters. The molecule has 7 nitrogen and oxygen atoms in total. The van der Waals surface area contributed by atoms with Gasteiger partial charge in [-0.1, -0.05) is 56.9 Å². The molecule has 1 saturated carbocycles. The highest BCUT2D eigenvalue weighted by Gasteiger charge is 2.43. The Morgan fingerprint density at radius 3 is 2.31 bits per heavy atom. The van der Waals surface area contributed by atoms with Gasteiger partial charge < -0.3 is 24.0 Å². The van der Waals surface area contributed by atoms with Crippen LogP contribution in [0.15, 0.2) is 42.5 Å². The summed E-state index contributed by atoms with van der Waals surface area (Å²) in [6.07, 6.45) is 7.34. The van der Waals surface area contributed by atoms with Crippen LogP contribution in [0.3, 0.4) is 0 Å². The Labute approximate surface area is 214 Å². The first-order valence-corrected chi connectivity index (χ1v) is 13.1. The second kappa shape index (κ2) is 12.2. The summed E-state index contributed by atoms with van der Waals surface area (Å²) < 4.78 is 17.0. The van der Waals surface area contributed by atoms with E-state index in [-0.39, 0.29) is 30.9 Å². The van der Waals surface area contributed by atoms with E-state index in [9.17, 15) is 9.59 Å². The standard InChI is InChI=1S/C29H38N2O5/c1-4-17-36-25-16-15-21(18-26(25)35-3)28-29(33)30(23-12-7-5-6-8-13-23)20-27(32)31(28)19-22-11-9-10-14-24(22)34-2/h9-11,14-16,18,23,28H,4-8,12-13,17,19-20H2,1-3H3/t28-/m0/s1. The Hall–Kier alpha value is -3.22. The minimum Gasteiger partial charge on any atom is -0.496 e. The average Bonchev–Trinajstić information content (AvgIpc) is 3.19. The maximum atomic E-state index is 14.1. The Morgan fingerprint density at radius 2 is 1.61 bits per heavy atom. The summed E-state index contributed by atoms with van der Waals surface area (Å²) in [7, 11) is 3.21. The fourth-order valence-electron chi connectivity index (χ4n) is 5.33. The molecular weight excluding hydrogens is 456 g/mol. The number of para-hydroxylation sites is 1. The normalized spacial score (nSPS) is 19.2. The fourth-order valence-corrected chi connectivity index (χ4v) is 5.33. The summed E-state index contributed by atoms with van der Waals surface area (Å²) in [5.41, 5.74) is 1.59. The lowest BCUT2D eigenvalue weighted by molar-refractivity contribution is -0.159. The summed E-state index contributed by atoms with van der Waals surface area (Å²) >= 11 is 0. The minimum atomic E-state index is -0.742. The highest BCUT2D eigenvalue weighted by atomic mass is 16.5. The smallest absolute Gasteiger partial charge is 0.250 e. The van der Waals surface area contributed by atoms with E-state index in [1.807, 2.05) is 54.3 Å². The molecule has 0 bridgehead atoms. The first kappa shape index (κ1) is 25.9. The number of hydrogen-bond donors (Lipinski definition) is 0. The zero-order valence-corrected chi connectivity index (χ0v) is 21.7. The van der Waals surface area contributed by atoms with Crippen molar-refractivity contribution in [2.45, 2.75) is 70.5 Å². The molecule has 1 heterocycles. The summed E-state index contributed by atoms with van der Waals surface area (Å²) in [4.78, 5) is 31.3. The van der Waals surface area contributed by atoms with Crippen LogP contribution in [0.1, 0.15) is 69.0 Å². The third-order valence-electron chi connectivity index (χ3n) is 7.22. The van der Waals surface area contributed by atoms with Crippen molar-refractivity contribution in [2.24, 2.45) is 0 Å². The van der Waals surface area contributed by atoms with Crippen LogP contribution in [0.25, 0.3) is 0 Å². The maximum Gasteiger partial charge on any atom is 0.250 e. The van der Waals surface area contributed by atoms with E-state index in [0.29, 0.717) is 23.9 Å². The lowest BCUT2D eigenvalue weighted by Gasteiger charge is -2.43. The van der Waals surface area contributed by atoms with Crippen LogP contribution in [0, 0.1) is 0 Å². The number of benzene rings is 2. The molecule has 4 rings (SSSR count). The van der Waals surface area contributed by atoms with Crippen molar-refractivity contribution in [2.75, 3.05) is 27.4 Å². The fraction of sp³-hybridized carbons (Fsp3) is 0.517. The highest BCUT2D eigenvalue weighted by Crippen LogP contribution is 2.37. The minimum absolute atomic E-state index is 0.0272. The third-order valence-corrected chi connectivity index (χ3v) is 7.22. The van der Waals surface area contributed by atoms with Crippen LogP contribution < -0.4 is 14.2 Å². The molecule has 1 aliphatic carbocycles. The van der Waals surface area contributed by atoms with E-state index in [0.717, 1.165) is 43.2 Å². The van der Waals surface area contributed by atoms with Gasteiger partial charge in [0.25, 0.3) is 5.91 Å². The molecular formula is C29H38N2O5. The Kier molecular flexibility index (Phi) is 8.73. The summed E-state index contributed by atoms with van der Waals surface area (Å²) in [6, 6.07) is 12.6. The van der Waals surface area contributed by atoms with E-state index in [1.54, 1.807) is 19.1 Å². The van der Waals surface area contributed by atoms with E-state index in [4.69, 9.17) is 14.2 Å². The Bertz CT molecular complexity index is 1050. The van der Waals surface area contributed by atoms with Crippen molar-refractivity contribution in [1.29, 1.82) is 0 Å². The van der Waals surface area contributed by atoms with Gasteiger partial charge in [-0.3, -0.25) is 9.59 Å². The molecule has 0 N–H and O–H groups in total.